The maximum absolute atomic E-state index is 15.0. The quantitative estimate of drug-likeness (QED) is 0.181. The van der Waals surface area contributed by atoms with Crippen molar-refractivity contribution in [2.75, 3.05) is 56.9 Å². The average molecular weight is 703 g/mol. The predicted molar refractivity (Wildman–Crippen MR) is 186 cm³/mol. The number of fused-ring (bicyclic) bond motifs is 1. The van der Waals surface area contributed by atoms with E-state index in [1.807, 2.05) is 30.5 Å². The summed E-state index contributed by atoms with van der Waals surface area (Å²) in [5.41, 5.74) is 2.73. The maximum Gasteiger partial charge on any atom is 0.416 e. The second-order valence-corrected chi connectivity index (χ2v) is 12.7. The summed E-state index contributed by atoms with van der Waals surface area (Å²) in [4.78, 5) is 38.6. The lowest BCUT2D eigenvalue weighted by Gasteiger charge is -2.33. The third kappa shape index (κ3) is 8.22. The molecule has 4 heterocycles. The Bertz CT molecular complexity index is 2020. The molecule has 0 bridgehead atoms. The van der Waals surface area contributed by atoms with Gasteiger partial charge in [-0.05, 0) is 55.4 Å². The zero-order valence-corrected chi connectivity index (χ0v) is 28.5. The SMILES string of the molecule is CCNc1ncc(C#Cc2cc(CC(=O)Nc3ccc(CN4CCN(C)CC4)c(C(F)(F)F)c3)ccc2F)c(-c2cc3c(n2C)CCNC3=O)n1. The Hall–Kier alpha value is -5.26. The molecule has 0 saturated carbocycles. The number of benzene rings is 2. The lowest BCUT2D eigenvalue weighted by molar-refractivity contribution is -0.138. The zero-order valence-electron chi connectivity index (χ0n) is 28.5. The fourth-order valence-electron chi connectivity index (χ4n) is 6.28. The number of carbonyl (C=O) groups excluding carboxylic acids is 2. The van der Waals surface area contributed by atoms with Gasteiger partial charge >= 0.3 is 6.18 Å². The molecule has 51 heavy (non-hydrogen) atoms. The minimum atomic E-state index is -4.60. The van der Waals surface area contributed by atoms with Gasteiger partial charge in [-0.25, -0.2) is 14.4 Å². The minimum Gasteiger partial charge on any atom is -0.354 e. The van der Waals surface area contributed by atoms with Crippen molar-refractivity contribution in [1.29, 1.82) is 0 Å². The smallest absolute Gasteiger partial charge is 0.354 e. The number of hydrogen-bond acceptors (Lipinski definition) is 7. The second-order valence-electron chi connectivity index (χ2n) is 12.7. The van der Waals surface area contributed by atoms with Gasteiger partial charge in [-0.2, -0.15) is 13.2 Å². The molecule has 14 heteroatoms. The normalized spacial score (nSPS) is 15.1. The highest BCUT2D eigenvalue weighted by Gasteiger charge is 2.34. The van der Waals surface area contributed by atoms with Gasteiger partial charge < -0.3 is 25.4 Å². The molecule has 0 aliphatic carbocycles. The van der Waals surface area contributed by atoms with Gasteiger partial charge in [0.2, 0.25) is 11.9 Å². The summed E-state index contributed by atoms with van der Waals surface area (Å²) in [6.45, 7) is 6.06. The summed E-state index contributed by atoms with van der Waals surface area (Å²) < 4.78 is 59.0. The van der Waals surface area contributed by atoms with E-state index < -0.39 is 23.5 Å². The van der Waals surface area contributed by atoms with Crippen molar-refractivity contribution in [2.45, 2.75) is 32.5 Å². The van der Waals surface area contributed by atoms with Crippen LogP contribution in [0.5, 0.6) is 0 Å². The van der Waals surface area contributed by atoms with Crippen molar-refractivity contribution in [3.63, 3.8) is 0 Å². The van der Waals surface area contributed by atoms with Crippen LogP contribution in [0, 0.1) is 17.7 Å². The van der Waals surface area contributed by atoms with Crippen LogP contribution in [0.1, 0.15) is 50.8 Å². The Labute approximate surface area is 293 Å². The number of hydrogen-bond donors (Lipinski definition) is 3. The summed E-state index contributed by atoms with van der Waals surface area (Å²) in [5, 5.41) is 8.48. The van der Waals surface area contributed by atoms with Gasteiger partial charge in [-0.1, -0.05) is 24.0 Å². The molecule has 0 spiro atoms. The monoisotopic (exact) mass is 702 g/mol. The Morgan fingerprint density at radius 1 is 1.02 bits per heavy atom. The number of aromatic nitrogens is 3. The highest BCUT2D eigenvalue weighted by molar-refractivity contribution is 5.98. The van der Waals surface area contributed by atoms with Gasteiger partial charge in [0, 0.05) is 76.9 Å². The zero-order chi connectivity index (χ0) is 36.3. The summed E-state index contributed by atoms with van der Waals surface area (Å²) in [6.07, 6.45) is -2.64. The highest BCUT2D eigenvalue weighted by Crippen LogP contribution is 2.35. The standard InChI is InChI=1S/C37H38F4N8O2/c1-4-42-36-44-21-25(34(46-36)32-20-28-31(48(32)3)11-12-43-35(28)51)7-6-24-17-23(5-10-30(24)38)18-33(50)45-27-9-8-26(29(19-27)37(39,40)41)22-49-15-13-47(2)14-16-49/h5,8-10,17,19-21H,4,11-16,18,22H2,1-3H3,(H,43,51)(H,45,50)(H,42,44,46). The number of likely N-dealkylation sites (N-methyl/N-ethyl adjacent to an activating group) is 1. The van der Waals surface area contributed by atoms with Gasteiger partial charge in [0.1, 0.15) is 11.5 Å². The molecule has 1 saturated heterocycles. The Morgan fingerprint density at radius 2 is 1.78 bits per heavy atom. The van der Waals surface area contributed by atoms with E-state index in [1.54, 1.807) is 6.07 Å². The van der Waals surface area contributed by atoms with E-state index in [-0.39, 0.29) is 35.7 Å². The van der Waals surface area contributed by atoms with Gasteiger partial charge in [-0.3, -0.25) is 14.5 Å². The Kier molecular flexibility index (Phi) is 10.4. The van der Waals surface area contributed by atoms with Crippen molar-refractivity contribution < 1.29 is 27.2 Å². The first kappa shape index (κ1) is 35.6. The predicted octanol–water partition coefficient (Wildman–Crippen LogP) is 4.69. The molecule has 2 aliphatic rings. The van der Waals surface area contributed by atoms with Crippen LogP contribution >= 0.6 is 0 Å². The van der Waals surface area contributed by atoms with E-state index in [4.69, 9.17) is 0 Å². The van der Waals surface area contributed by atoms with E-state index >= 15 is 0 Å². The van der Waals surface area contributed by atoms with Crippen LogP contribution in [0.3, 0.4) is 0 Å². The van der Waals surface area contributed by atoms with E-state index in [2.05, 4.69) is 42.7 Å². The molecule has 2 aromatic heterocycles. The first-order valence-corrected chi connectivity index (χ1v) is 16.7. The van der Waals surface area contributed by atoms with Crippen LogP contribution < -0.4 is 16.0 Å². The molecule has 2 aliphatic heterocycles. The molecule has 2 aromatic carbocycles. The molecule has 266 valence electrons. The number of halogens is 4. The highest BCUT2D eigenvalue weighted by atomic mass is 19.4. The van der Waals surface area contributed by atoms with Crippen molar-refractivity contribution in [3.8, 4) is 23.2 Å². The first-order valence-electron chi connectivity index (χ1n) is 16.7. The first-order chi connectivity index (χ1) is 24.4. The number of piperazine rings is 1. The fraction of sp³-hybridized carbons (Fsp3) is 0.351. The van der Waals surface area contributed by atoms with Crippen LogP contribution in [-0.4, -0.2) is 82.5 Å². The van der Waals surface area contributed by atoms with Crippen molar-refractivity contribution >= 4 is 23.5 Å². The van der Waals surface area contributed by atoms with Crippen LogP contribution in [-0.2, 0) is 37.4 Å². The lowest BCUT2D eigenvalue weighted by atomic mass is 10.0. The Morgan fingerprint density at radius 3 is 2.51 bits per heavy atom. The molecule has 0 atom stereocenters. The summed E-state index contributed by atoms with van der Waals surface area (Å²) in [6, 6.07) is 9.65. The molecule has 1 fully saturated rings. The van der Waals surface area contributed by atoms with Crippen LogP contribution in [0.4, 0.5) is 29.2 Å². The van der Waals surface area contributed by atoms with Crippen LogP contribution in [0.2, 0.25) is 0 Å². The number of amides is 2. The molecule has 6 rings (SSSR count). The number of anilines is 2. The second kappa shape index (κ2) is 14.9. The average Bonchev–Trinajstić information content (AvgIpc) is 3.43. The van der Waals surface area contributed by atoms with Gasteiger partial charge in [0.05, 0.1) is 34.4 Å². The molecule has 2 amide bonds. The molecule has 10 nitrogen and oxygen atoms in total. The van der Waals surface area contributed by atoms with Crippen molar-refractivity contribution in [2.24, 2.45) is 7.05 Å². The van der Waals surface area contributed by atoms with E-state index in [1.165, 1.54) is 36.5 Å². The molecule has 0 unspecified atom stereocenters. The topological polar surface area (TPSA) is 107 Å². The molecule has 0 radical (unpaired) electrons. The van der Waals surface area contributed by atoms with Gasteiger partial charge in [-0.15, -0.1) is 0 Å². The van der Waals surface area contributed by atoms with Gasteiger partial charge in [0.15, 0.2) is 0 Å². The summed E-state index contributed by atoms with van der Waals surface area (Å²) >= 11 is 0. The minimum absolute atomic E-state index is 0.0141. The third-order valence-electron chi connectivity index (χ3n) is 9.03. The van der Waals surface area contributed by atoms with Crippen molar-refractivity contribution in [3.05, 3.63) is 93.6 Å². The van der Waals surface area contributed by atoms with Crippen molar-refractivity contribution in [1.82, 2.24) is 29.7 Å². The van der Waals surface area contributed by atoms with Crippen LogP contribution in [0.15, 0.2) is 48.7 Å². The Balaban J connectivity index is 1.21. The summed E-state index contributed by atoms with van der Waals surface area (Å²) in [7, 11) is 3.83. The van der Waals surface area contributed by atoms with E-state index in [0.29, 0.717) is 66.6 Å². The summed E-state index contributed by atoms with van der Waals surface area (Å²) in [5.74, 6) is 4.81. The van der Waals surface area contributed by atoms with Crippen LogP contribution in [0.25, 0.3) is 11.4 Å². The third-order valence-corrected chi connectivity index (χ3v) is 9.03. The number of nitrogens with zero attached hydrogens (tertiary/aromatic N) is 5. The number of nitrogens with one attached hydrogen (secondary N) is 3. The number of carbonyl (C=O) groups is 2. The molecule has 3 N–H and O–H groups in total. The molecule has 4 aromatic rings. The van der Waals surface area contributed by atoms with E-state index in [0.717, 1.165) is 24.8 Å². The lowest BCUT2D eigenvalue weighted by Crippen LogP contribution is -2.44. The van der Waals surface area contributed by atoms with Gasteiger partial charge in [0.25, 0.3) is 5.91 Å². The maximum atomic E-state index is 15.0. The largest absolute Gasteiger partial charge is 0.416 e. The molecular weight excluding hydrogens is 664 g/mol. The number of alkyl halides is 3. The molecular formula is C37H38F4N8O2. The fourth-order valence-corrected chi connectivity index (χ4v) is 6.28. The number of rotatable bonds is 8. The van der Waals surface area contributed by atoms with E-state index in [9.17, 15) is 27.2 Å².